The van der Waals surface area contributed by atoms with Gasteiger partial charge in [-0.3, -0.25) is 9.67 Å². The van der Waals surface area contributed by atoms with Crippen LogP contribution in [0.15, 0.2) is 59.6 Å². The number of benzene rings is 1. The molecule has 3 aromatic heterocycles. The van der Waals surface area contributed by atoms with E-state index in [9.17, 15) is 0 Å². The molecule has 1 aromatic carbocycles. The minimum atomic E-state index is 0.450. The van der Waals surface area contributed by atoms with Gasteiger partial charge in [0, 0.05) is 45.1 Å². The quantitative estimate of drug-likeness (QED) is 0.484. The van der Waals surface area contributed by atoms with Crippen LogP contribution < -0.4 is 11.1 Å². The standard InChI is InChI=1S/C22H21BrN6/c23-20-3-1-2-14-10-26-21(9-18(14)20)19-8-15(11-27-22(19)24)16-12-28-29(13-16)17-4-6-25-7-5-17/h1-3,8-13,17,25H,4-7H2,(H2,24,27). The second-order valence-electron chi connectivity index (χ2n) is 7.38. The van der Waals surface area contributed by atoms with Crippen molar-refractivity contribution >= 4 is 32.5 Å². The summed E-state index contributed by atoms with van der Waals surface area (Å²) in [6.07, 6.45) is 9.89. The van der Waals surface area contributed by atoms with Crippen molar-refractivity contribution in [2.45, 2.75) is 18.9 Å². The van der Waals surface area contributed by atoms with Crippen molar-refractivity contribution < 1.29 is 0 Å². The number of nitrogens with two attached hydrogens (primary N) is 1. The third kappa shape index (κ3) is 3.52. The predicted molar refractivity (Wildman–Crippen MR) is 119 cm³/mol. The maximum Gasteiger partial charge on any atom is 0.132 e. The van der Waals surface area contributed by atoms with Crippen LogP contribution in [0.25, 0.3) is 33.2 Å². The Balaban J connectivity index is 1.52. The molecule has 6 nitrogen and oxygen atoms in total. The molecule has 29 heavy (non-hydrogen) atoms. The first kappa shape index (κ1) is 18.3. The van der Waals surface area contributed by atoms with E-state index < -0.39 is 0 Å². The Kier molecular flexibility index (Phi) is 4.77. The van der Waals surface area contributed by atoms with E-state index in [0.29, 0.717) is 11.9 Å². The van der Waals surface area contributed by atoms with Crippen molar-refractivity contribution in [1.82, 2.24) is 25.1 Å². The number of aromatic nitrogens is 4. The third-order valence-electron chi connectivity index (χ3n) is 5.52. The zero-order valence-corrected chi connectivity index (χ0v) is 17.4. The number of nitrogen functional groups attached to an aromatic ring is 1. The SMILES string of the molecule is Nc1ncc(-c2cnn(C3CCNCC3)c2)cc1-c1cc2c(Br)cccc2cn1. The number of piperidine rings is 1. The van der Waals surface area contributed by atoms with Crippen LogP contribution >= 0.6 is 15.9 Å². The summed E-state index contributed by atoms with van der Waals surface area (Å²) in [5.74, 6) is 0.471. The van der Waals surface area contributed by atoms with Crippen LogP contribution in [0.2, 0.25) is 0 Å². The van der Waals surface area contributed by atoms with Crippen LogP contribution in [0.4, 0.5) is 5.82 Å². The van der Waals surface area contributed by atoms with E-state index in [4.69, 9.17) is 5.73 Å². The lowest BCUT2D eigenvalue weighted by atomic mass is 10.0. The Hall–Kier alpha value is -2.77. The Morgan fingerprint density at radius 2 is 1.90 bits per heavy atom. The van der Waals surface area contributed by atoms with Gasteiger partial charge in [0.05, 0.1) is 17.9 Å². The number of anilines is 1. The molecule has 1 aliphatic heterocycles. The monoisotopic (exact) mass is 448 g/mol. The molecule has 0 amide bonds. The molecule has 1 aliphatic rings. The minimum absolute atomic E-state index is 0.450. The smallest absolute Gasteiger partial charge is 0.132 e. The number of halogens is 1. The molecule has 4 heterocycles. The molecule has 0 aliphatic carbocycles. The third-order valence-corrected chi connectivity index (χ3v) is 6.21. The van der Waals surface area contributed by atoms with Crippen molar-refractivity contribution in [3.05, 3.63) is 59.6 Å². The molecule has 0 bridgehead atoms. The van der Waals surface area contributed by atoms with E-state index in [2.05, 4.69) is 59.3 Å². The first-order valence-corrected chi connectivity index (χ1v) is 10.5. The molecule has 1 saturated heterocycles. The van der Waals surface area contributed by atoms with Gasteiger partial charge in [-0.2, -0.15) is 5.10 Å². The summed E-state index contributed by atoms with van der Waals surface area (Å²) in [7, 11) is 0. The van der Waals surface area contributed by atoms with Crippen LogP contribution in [-0.4, -0.2) is 32.8 Å². The van der Waals surface area contributed by atoms with E-state index in [1.807, 2.05) is 30.6 Å². The molecule has 1 fully saturated rings. The van der Waals surface area contributed by atoms with Gasteiger partial charge in [0.25, 0.3) is 0 Å². The first-order valence-electron chi connectivity index (χ1n) is 9.74. The fourth-order valence-corrected chi connectivity index (χ4v) is 4.37. The number of fused-ring (bicyclic) bond motifs is 1. The number of rotatable bonds is 3. The van der Waals surface area contributed by atoms with Gasteiger partial charge in [0.2, 0.25) is 0 Å². The molecular formula is C22H21BrN6. The number of hydrogen-bond acceptors (Lipinski definition) is 5. The zero-order valence-electron chi connectivity index (χ0n) is 15.8. The number of hydrogen-bond donors (Lipinski definition) is 2. The Morgan fingerprint density at radius 3 is 2.76 bits per heavy atom. The molecule has 0 atom stereocenters. The molecule has 3 N–H and O–H groups in total. The van der Waals surface area contributed by atoms with Crippen molar-refractivity contribution in [1.29, 1.82) is 0 Å². The summed E-state index contributed by atoms with van der Waals surface area (Å²) in [4.78, 5) is 9.06. The molecule has 0 radical (unpaired) electrons. The predicted octanol–water partition coefficient (Wildman–Crippen LogP) is 4.43. The summed E-state index contributed by atoms with van der Waals surface area (Å²) in [6.45, 7) is 2.08. The maximum absolute atomic E-state index is 6.21. The highest BCUT2D eigenvalue weighted by molar-refractivity contribution is 9.10. The molecule has 4 aromatic rings. The first-order chi connectivity index (χ1) is 14.2. The van der Waals surface area contributed by atoms with Gasteiger partial charge in [-0.05, 0) is 49.5 Å². The average Bonchev–Trinajstić information content (AvgIpc) is 3.25. The van der Waals surface area contributed by atoms with Gasteiger partial charge in [0.1, 0.15) is 5.82 Å². The maximum atomic E-state index is 6.21. The highest BCUT2D eigenvalue weighted by Crippen LogP contribution is 2.32. The van der Waals surface area contributed by atoms with Crippen molar-refractivity contribution in [2.24, 2.45) is 0 Å². The Bertz CT molecular complexity index is 1180. The van der Waals surface area contributed by atoms with Crippen molar-refractivity contribution in [3.63, 3.8) is 0 Å². The van der Waals surface area contributed by atoms with E-state index >= 15 is 0 Å². The summed E-state index contributed by atoms with van der Waals surface area (Å²) >= 11 is 3.62. The molecule has 0 saturated carbocycles. The lowest BCUT2D eigenvalue weighted by molar-refractivity contribution is 0.343. The fraction of sp³-hybridized carbons (Fsp3) is 0.227. The summed E-state index contributed by atoms with van der Waals surface area (Å²) in [5.41, 5.74) is 9.88. The molecule has 5 rings (SSSR count). The Morgan fingerprint density at radius 1 is 1.03 bits per heavy atom. The van der Waals surface area contributed by atoms with Crippen LogP contribution in [0.5, 0.6) is 0 Å². The van der Waals surface area contributed by atoms with Crippen LogP contribution in [0.1, 0.15) is 18.9 Å². The van der Waals surface area contributed by atoms with Gasteiger partial charge in [-0.1, -0.05) is 28.1 Å². The largest absolute Gasteiger partial charge is 0.383 e. The summed E-state index contributed by atoms with van der Waals surface area (Å²) in [5, 5.41) is 10.2. The fourth-order valence-electron chi connectivity index (χ4n) is 3.88. The van der Waals surface area contributed by atoms with E-state index in [0.717, 1.165) is 63.6 Å². The normalized spacial score (nSPS) is 15.1. The van der Waals surface area contributed by atoms with Gasteiger partial charge < -0.3 is 11.1 Å². The molecular weight excluding hydrogens is 428 g/mol. The lowest BCUT2D eigenvalue weighted by Gasteiger charge is -2.22. The van der Waals surface area contributed by atoms with Crippen LogP contribution in [0, 0.1) is 0 Å². The minimum Gasteiger partial charge on any atom is -0.383 e. The van der Waals surface area contributed by atoms with Gasteiger partial charge >= 0.3 is 0 Å². The van der Waals surface area contributed by atoms with E-state index in [-0.39, 0.29) is 0 Å². The average molecular weight is 449 g/mol. The van der Waals surface area contributed by atoms with Crippen LogP contribution in [-0.2, 0) is 0 Å². The molecule has 7 heteroatoms. The number of nitrogens with one attached hydrogen (secondary N) is 1. The molecule has 0 spiro atoms. The molecule has 146 valence electrons. The number of pyridine rings is 2. The highest BCUT2D eigenvalue weighted by Gasteiger charge is 2.17. The van der Waals surface area contributed by atoms with E-state index in [1.165, 1.54) is 0 Å². The van der Waals surface area contributed by atoms with Gasteiger partial charge in [-0.25, -0.2) is 4.98 Å². The summed E-state index contributed by atoms with van der Waals surface area (Å²) < 4.78 is 3.11. The molecule has 0 unspecified atom stereocenters. The van der Waals surface area contributed by atoms with Gasteiger partial charge in [-0.15, -0.1) is 0 Å². The van der Waals surface area contributed by atoms with Gasteiger partial charge in [0.15, 0.2) is 0 Å². The second-order valence-corrected chi connectivity index (χ2v) is 8.23. The van der Waals surface area contributed by atoms with Crippen molar-refractivity contribution in [2.75, 3.05) is 18.8 Å². The van der Waals surface area contributed by atoms with Crippen molar-refractivity contribution in [3.8, 4) is 22.4 Å². The highest BCUT2D eigenvalue weighted by atomic mass is 79.9. The van der Waals surface area contributed by atoms with Crippen LogP contribution in [0.3, 0.4) is 0 Å². The summed E-state index contributed by atoms with van der Waals surface area (Å²) in [6, 6.07) is 10.6. The Labute approximate surface area is 177 Å². The lowest BCUT2D eigenvalue weighted by Crippen LogP contribution is -2.29. The zero-order chi connectivity index (χ0) is 19.8. The number of nitrogens with zero attached hydrogens (tertiary/aromatic N) is 4. The topological polar surface area (TPSA) is 81.6 Å². The second kappa shape index (κ2) is 7.57. The van der Waals surface area contributed by atoms with E-state index in [1.54, 1.807) is 6.20 Å².